The number of imide groups is 1. The minimum Gasteiger partial charge on any atom is -0.369 e. The van der Waals surface area contributed by atoms with Crippen molar-refractivity contribution < 1.29 is 18.8 Å². The number of halogens is 1. The molecule has 1 aromatic rings. The molecule has 2 aliphatic rings. The summed E-state index contributed by atoms with van der Waals surface area (Å²) in [5.41, 5.74) is 5.86. The molecular weight excluding hydrogens is 325 g/mol. The summed E-state index contributed by atoms with van der Waals surface area (Å²) in [6.07, 6.45) is 1.90. The Morgan fingerprint density at radius 2 is 2.04 bits per heavy atom. The highest BCUT2D eigenvalue weighted by atomic mass is 19.1. The summed E-state index contributed by atoms with van der Waals surface area (Å²) in [5.74, 6) is -1.47. The molecule has 2 fully saturated rings. The van der Waals surface area contributed by atoms with Crippen LogP contribution < -0.4 is 5.73 Å². The summed E-state index contributed by atoms with van der Waals surface area (Å²) in [6, 6.07) is 5.82. The van der Waals surface area contributed by atoms with Gasteiger partial charge in [-0.3, -0.25) is 24.2 Å². The largest absolute Gasteiger partial charge is 0.369 e. The Balaban J connectivity index is 1.64. The lowest BCUT2D eigenvalue weighted by Crippen LogP contribution is -2.49. The van der Waals surface area contributed by atoms with Gasteiger partial charge in [0.05, 0.1) is 18.4 Å². The number of primary amides is 1. The number of likely N-dealkylation sites (tertiary alicyclic amines) is 2. The first-order chi connectivity index (χ1) is 12.0. The fourth-order valence-electron chi connectivity index (χ4n) is 3.64. The molecule has 0 radical (unpaired) electrons. The molecule has 2 saturated heterocycles. The smallest absolute Gasteiger partial charge is 0.247 e. The van der Waals surface area contributed by atoms with E-state index in [1.54, 1.807) is 18.2 Å². The second kappa shape index (κ2) is 7.31. The zero-order valence-corrected chi connectivity index (χ0v) is 14.0. The van der Waals surface area contributed by atoms with Gasteiger partial charge < -0.3 is 5.73 Å². The van der Waals surface area contributed by atoms with Crippen molar-refractivity contribution in [3.8, 4) is 0 Å². The molecule has 2 N–H and O–H groups in total. The number of piperidine rings is 1. The van der Waals surface area contributed by atoms with E-state index in [0.29, 0.717) is 25.1 Å². The Labute approximate surface area is 145 Å². The molecule has 0 aromatic heterocycles. The molecule has 0 unspecified atom stereocenters. The molecule has 0 spiro atoms. The van der Waals surface area contributed by atoms with Gasteiger partial charge in [0.2, 0.25) is 17.7 Å². The second-order valence-corrected chi connectivity index (χ2v) is 6.68. The van der Waals surface area contributed by atoms with Gasteiger partial charge in [0.1, 0.15) is 5.82 Å². The molecule has 134 valence electrons. The summed E-state index contributed by atoms with van der Waals surface area (Å²) >= 11 is 0. The first kappa shape index (κ1) is 17.5. The van der Waals surface area contributed by atoms with E-state index in [1.807, 2.05) is 4.90 Å². The molecule has 25 heavy (non-hydrogen) atoms. The minimum atomic E-state index is -0.532. The lowest BCUT2D eigenvalue weighted by molar-refractivity contribution is -0.140. The fourth-order valence-corrected chi connectivity index (χ4v) is 3.64. The van der Waals surface area contributed by atoms with Crippen molar-refractivity contribution in [3.63, 3.8) is 0 Å². The highest BCUT2D eigenvalue weighted by molar-refractivity contribution is 6.05. The van der Waals surface area contributed by atoms with Gasteiger partial charge in [-0.1, -0.05) is 18.2 Å². The number of carbonyl (C=O) groups is 3. The van der Waals surface area contributed by atoms with Crippen LogP contribution in [0.1, 0.15) is 24.8 Å². The maximum absolute atomic E-state index is 13.7. The molecule has 2 atom stereocenters. The van der Waals surface area contributed by atoms with E-state index in [0.717, 1.165) is 12.8 Å². The number of carbonyl (C=O) groups excluding carboxylic acids is 3. The van der Waals surface area contributed by atoms with Crippen LogP contribution in [0.25, 0.3) is 0 Å². The lowest BCUT2D eigenvalue weighted by atomic mass is 9.96. The normalized spacial score (nSPS) is 24.8. The van der Waals surface area contributed by atoms with Crippen LogP contribution >= 0.6 is 0 Å². The van der Waals surface area contributed by atoms with Crippen LogP contribution in [0.15, 0.2) is 24.3 Å². The molecule has 3 rings (SSSR count). The van der Waals surface area contributed by atoms with Crippen LogP contribution in [-0.2, 0) is 20.8 Å². The standard InChI is InChI=1S/C18H22FN3O3/c19-14-6-2-1-4-12(14)7-9-22-16(23)10-15(18(22)25)21-8-3-5-13(11-21)17(20)24/h1-2,4,6,13,15H,3,5,7-11H2,(H2,20,24)/t13-,15+/m1/s1. The molecule has 1 aromatic carbocycles. The van der Waals surface area contributed by atoms with Crippen LogP contribution in [0, 0.1) is 11.7 Å². The topological polar surface area (TPSA) is 83.7 Å². The molecular formula is C18H22FN3O3. The van der Waals surface area contributed by atoms with Crippen LogP contribution in [0.2, 0.25) is 0 Å². The number of nitrogens with two attached hydrogens (primary N) is 1. The van der Waals surface area contributed by atoms with Crippen molar-refractivity contribution in [3.05, 3.63) is 35.6 Å². The quantitative estimate of drug-likeness (QED) is 0.795. The number of nitrogens with zero attached hydrogens (tertiary/aromatic N) is 2. The second-order valence-electron chi connectivity index (χ2n) is 6.68. The van der Waals surface area contributed by atoms with Crippen molar-refractivity contribution >= 4 is 17.7 Å². The van der Waals surface area contributed by atoms with Gasteiger partial charge in [-0.25, -0.2) is 4.39 Å². The minimum absolute atomic E-state index is 0.113. The number of amides is 3. The number of benzene rings is 1. The Morgan fingerprint density at radius 3 is 2.76 bits per heavy atom. The van der Waals surface area contributed by atoms with E-state index >= 15 is 0 Å². The van der Waals surface area contributed by atoms with Gasteiger partial charge in [0.25, 0.3) is 0 Å². The summed E-state index contributed by atoms with van der Waals surface area (Å²) in [4.78, 5) is 39.4. The first-order valence-electron chi connectivity index (χ1n) is 8.58. The maximum atomic E-state index is 13.7. The molecule has 0 saturated carbocycles. The third kappa shape index (κ3) is 3.71. The van der Waals surface area contributed by atoms with Crippen molar-refractivity contribution in [2.45, 2.75) is 31.7 Å². The third-order valence-corrected chi connectivity index (χ3v) is 5.08. The Hall–Kier alpha value is -2.28. The van der Waals surface area contributed by atoms with Crippen molar-refractivity contribution in [2.24, 2.45) is 11.7 Å². The Morgan fingerprint density at radius 1 is 1.28 bits per heavy atom. The number of rotatable bonds is 5. The van der Waals surface area contributed by atoms with Crippen LogP contribution in [-0.4, -0.2) is 53.2 Å². The van der Waals surface area contributed by atoms with Gasteiger partial charge in [0.15, 0.2) is 0 Å². The van der Waals surface area contributed by atoms with Crippen molar-refractivity contribution in [2.75, 3.05) is 19.6 Å². The lowest BCUT2D eigenvalue weighted by Gasteiger charge is -2.34. The van der Waals surface area contributed by atoms with Gasteiger partial charge in [-0.2, -0.15) is 0 Å². The monoisotopic (exact) mass is 347 g/mol. The predicted octanol–water partition coefficient (Wildman–Crippen LogP) is 0.693. The molecule has 6 nitrogen and oxygen atoms in total. The summed E-state index contributed by atoms with van der Waals surface area (Å²) < 4.78 is 13.7. The van der Waals surface area contributed by atoms with Crippen LogP contribution in [0.4, 0.5) is 4.39 Å². The van der Waals surface area contributed by atoms with E-state index in [1.165, 1.54) is 11.0 Å². The number of hydrogen-bond acceptors (Lipinski definition) is 4. The highest BCUT2D eigenvalue weighted by Gasteiger charge is 2.43. The predicted molar refractivity (Wildman–Crippen MR) is 88.7 cm³/mol. The zero-order valence-electron chi connectivity index (χ0n) is 14.0. The van der Waals surface area contributed by atoms with E-state index in [-0.39, 0.29) is 42.4 Å². The van der Waals surface area contributed by atoms with E-state index in [4.69, 9.17) is 5.73 Å². The Kier molecular flexibility index (Phi) is 5.13. The summed E-state index contributed by atoms with van der Waals surface area (Å²) in [6.45, 7) is 1.26. The molecule has 7 heteroatoms. The molecule has 0 bridgehead atoms. The fraction of sp³-hybridized carbons (Fsp3) is 0.500. The summed E-state index contributed by atoms with van der Waals surface area (Å²) in [5, 5.41) is 0. The average Bonchev–Trinajstić information content (AvgIpc) is 2.89. The number of hydrogen-bond donors (Lipinski definition) is 1. The molecule has 0 aliphatic carbocycles. The van der Waals surface area contributed by atoms with Crippen molar-refractivity contribution in [1.82, 2.24) is 9.80 Å². The highest BCUT2D eigenvalue weighted by Crippen LogP contribution is 2.25. The first-order valence-corrected chi connectivity index (χ1v) is 8.58. The van der Waals surface area contributed by atoms with E-state index in [2.05, 4.69) is 0 Å². The van der Waals surface area contributed by atoms with E-state index in [9.17, 15) is 18.8 Å². The van der Waals surface area contributed by atoms with Gasteiger partial charge in [-0.15, -0.1) is 0 Å². The van der Waals surface area contributed by atoms with Gasteiger partial charge >= 0.3 is 0 Å². The molecule has 2 heterocycles. The SMILES string of the molecule is NC(=O)[C@@H]1CCCN([C@H]2CC(=O)N(CCc3ccccc3F)C2=O)C1. The average molecular weight is 347 g/mol. The zero-order chi connectivity index (χ0) is 18.0. The molecule has 3 amide bonds. The summed E-state index contributed by atoms with van der Waals surface area (Å²) in [7, 11) is 0. The van der Waals surface area contributed by atoms with Gasteiger partial charge in [0, 0.05) is 13.1 Å². The van der Waals surface area contributed by atoms with Crippen LogP contribution in [0.5, 0.6) is 0 Å². The maximum Gasteiger partial charge on any atom is 0.247 e. The van der Waals surface area contributed by atoms with Crippen molar-refractivity contribution in [1.29, 1.82) is 0 Å². The third-order valence-electron chi connectivity index (χ3n) is 5.08. The Bertz CT molecular complexity index is 694. The van der Waals surface area contributed by atoms with Crippen LogP contribution in [0.3, 0.4) is 0 Å². The van der Waals surface area contributed by atoms with E-state index < -0.39 is 6.04 Å². The van der Waals surface area contributed by atoms with Gasteiger partial charge in [-0.05, 0) is 37.4 Å². The molecule has 2 aliphatic heterocycles.